The molecule has 0 fully saturated rings. The molecule has 17 heavy (non-hydrogen) atoms. The van der Waals surface area contributed by atoms with E-state index < -0.39 is 0 Å². The first-order chi connectivity index (χ1) is 8.17. The zero-order chi connectivity index (χ0) is 12.7. The van der Waals surface area contributed by atoms with Crippen LogP contribution >= 0.6 is 11.6 Å². The number of hydrogen-bond acceptors (Lipinski definition) is 1. The van der Waals surface area contributed by atoms with Crippen molar-refractivity contribution in [3.05, 3.63) is 34.6 Å². The molecule has 0 heterocycles. The first-order valence-electron chi connectivity index (χ1n) is 6.28. The van der Waals surface area contributed by atoms with E-state index in [0.29, 0.717) is 11.1 Å². The average Bonchev–Trinajstić information content (AvgIpc) is 2.32. The van der Waals surface area contributed by atoms with Gasteiger partial charge in [-0.05, 0) is 56.5 Å². The molecule has 0 radical (unpaired) electrons. The van der Waals surface area contributed by atoms with Crippen LogP contribution in [-0.4, -0.2) is 13.1 Å². The molecule has 1 aromatic carbocycles. The maximum atomic E-state index is 13.4. The Kier molecular flexibility index (Phi) is 6.53. The van der Waals surface area contributed by atoms with Crippen LogP contribution in [-0.2, 0) is 6.42 Å². The van der Waals surface area contributed by atoms with Crippen LogP contribution in [0, 0.1) is 5.82 Å². The molecule has 1 nitrogen and oxygen atoms in total. The Morgan fingerprint density at radius 3 is 2.76 bits per heavy atom. The third kappa shape index (κ3) is 5.05. The highest BCUT2D eigenvalue weighted by molar-refractivity contribution is 6.30. The lowest BCUT2D eigenvalue weighted by atomic mass is 10.0. The van der Waals surface area contributed by atoms with E-state index >= 15 is 0 Å². The van der Waals surface area contributed by atoms with Crippen LogP contribution in [0.5, 0.6) is 0 Å². The normalized spacial score (nSPS) is 12.7. The van der Waals surface area contributed by atoms with Crippen LogP contribution in [0.3, 0.4) is 0 Å². The van der Waals surface area contributed by atoms with Crippen molar-refractivity contribution in [2.45, 2.75) is 45.1 Å². The molecule has 1 rings (SSSR count). The van der Waals surface area contributed by atoms with E-state index in [0.717, 1.165) is 24.8 Å². The first-order valence-corrected chi connectivity index (χ1v) is 6.66. The monoisotopic (exact) mass is 257 g/mol. The van der Waals surface area contributed by atoms with Crippen LogP contribution in [0.25, 0.3) is 0 Å². The van der Waals surface area contributed by atoms with Gasteiger partial charge in [-0.2, -0.15) is 0 Å². The van der Waals surface area contributed by atoms with Crippen molar-refractivity contribution in [3.8, 4) is 0 Å². The first kappa shape index (κ1) is 14.5. The lowest BCUT2D eigenvalue weighted by Crippen LogP contribution is -2.24. The Morgan fingerprint density at radius 1 is 1.35 bits per heavy atom. The molecule has 96 valence electrons. The van der Waals surface area contributed by atoms with Crippen molar-refractivity contribution >= 4 is 11.6 Å². The quantitative estimate of drug-likeness (QED) is 0.772. The molecule has 0 aliphatic heterocycles. The SMILES string of the molecule is CCCC(CCCc1cc(Cl)ccc1F)NC. The summed E-state index contributed by atoms with van der Waals surface area (Å²) in [6.07, 6.45) is 5.18. The minimum atomic E-state index is -0.147. The molecule has 0 saturated carbocycles. The summed E-state index contributed by atoms with van der Waals surface area (Å²) >= 11 is 5.86. The fourth-order valence-electron chi connectivity index (χ4n) is 2.06. The van der Waals surface area contributed by atoms with E-state index in [2.05, 4.69) is 12.2 Å². The molecule has 1 unspecified atom stereocenters. The van der Waals surface area contributed by atoms with Gasteiger partial charge >= 0.3 is 0 Å². The van der Waals surface area contributed by atoms with Gasteiger partial charge in [-0.1, -0.05) is 24.9 Å². The molecule has 1 aromatic rings. The molecular weight excluding hydrogens is 237 g/mol. The summed E-state index contributed by atoms with van der Waals surface area (Å²) in [6, 6.07) is 5.31. The summed E-state index contributed by atoms with van der Waals surface area (Å²) in [6.45, 7) is 2.18. The molecule has 1 atom stereocenters. The summed E-state index contributed by atoms with van der Waals surface area (Å²) in [5.74, 6) is -0.147. The van der Waals surface area contributed by atoms with Gasteiger partial charge in [0.2, 0.25) is 0 Å². The molecule has 0 bridgehead atoms. The van der Waals surface area contributed by atoms with Gasteiger partial charge in [0.15, 0.2) is 0 Å². The highest BCUT2D eigenvalue weighted by atomic mass is 35.5. The molecular formula is C14H21ClFN. The Labute approximate surface area is 108 Å². The minimum absolute atomic E-state index is 0.147. The second-order valence-electron chi connectivity index (χ2n) is 4.40. The Bertz CT molecular complexity index is 341. The van der Waals surface area contributed by atoms with Crippen LogP contribution in [0.2, 0.25) is 5.02 Å². The molecule has 0 aliphatic rings. The zero-order valence-corrected chi connectivity index (χ0v) is 11.4. The molecule has 0 aromatic heterocycles. The zero-order valence-electron chi connectivity index (χ0n) is 10.6. The molecule has 3 heteroatoms. The van der Waals surface area contributed by atoms with E-state index in [1.54, 1.807) is 12.1 Å². The predicted octanol–water partition coefficient (Wildman–Crippen LogP) is 4.19. The van der Waals surface area contributed by atoms with E-state index in [1.165, 1.54) is 18.9 Å². The van der Waals surface area contributed by atoms with Gasteiger partial charge < -0.3 is 5.32 Å². The van der Waals surface area contributed by atoms with Crippen LogP contribution in [0.4, 0.5) is 4.39 Å². The van der Waals surface area contributed by atoms with Crippen molar-refractivity contribution in [1.29, 1.82) is 0 Å². The third-order valence-corrected chi connectivity index (χ3v) is 3.29. The second kappa shape index (κ2) is 7.67. The lowest BCUT2D eigenvalue weighted by Gasteiger charge is -2.14. The molecule has 1 N–H and O–H groups in total. The van der Waals surface area contributed by atoms with Crippen molar-refractivity contribution < 1.29 is 4.39 Å². The van der Waals surface area contributed by atoms with Gasteiger partial charge in [-0.15, -0.1) is 0 Å². The van der Waals surface area contributed by atoms with Crippen molar-refractivity contribution in [2.75, 3.05) is 7.05 Å². The molecule has 0 saturated heterocycles. The maximum Gasteiger partial charge on any atom is 0.126 e. The summed E-state index contributed by atoms with van der Waals surface area (Å²) < 4.78 is 13.4. The van der Waals surface area contributed by atoms with E-state index in [-0.39, 0.29) is 5.82 Å². The van der Waals surface area contributed by atoms with Crippen LogP contribution in [0.15, 0.2) is 18.2 Å². The van der Waals surface area contributed by atoms with Crippen LogP contribution < -0.4 is 5.32 Å². The lowest BCUT2D eigenvalue weighted by molar-refractivity contribution is 0.467. The highest BCUT2D eigenvalue weighted by Gasteiger charge is 2.07. The number of hydrogen-bond donors (Lipinski definition) is 1. The standard InChI is InChI=1S/C14H21ClFN/c1-3-5-13(17-2)7-4-6-11-10-12(15)8-9-14(11)16/h8-10,13,17H,3-7H2,1-2H3. The van der Waals surface area contributed by atoms with Gasteiger partial charge in [0.1, 0.15) is 5.82 Å². The maximum absolute atomic E-state index is 13.4. The number of aryl methyl sites for hydroxylation is 1. The molecule has 0 amide bonds. The fourth-order valence-corrected chi connectivity index (χ4v) is 2.25. The van der Waals surface area contributed by atoms with E-state index in [1.807, 2.05) is 7.05 Å². The summed E-state index contributed by atoms with van der Waals surface area (Å²) in [5.41, 5.74) is 0.726. The van der Waals surface area contributed by atoms with E-state index in [4.69, 9.17) is 11.6 Å². The number of nitrogens with one attached hydrogen (secondary N) is 1. The smallest absolute Gasteiger partial charge is 0.126 e. The third-order valence-electron chi connectivity index (χ3n) is 3.05. The average molecular weight is 258 g/mol. The van der Waals surface area contributed by atoms with Gasteiger partial charge in [0, 0.05) is 11.1 Å². The Morgan fingerprint density at radius 2 is 2.12 bits per heavy atom. The van der Waals surface area contributed by atoms with Crippen molar-refractivity contribution in [1.82, 2.24) is 5.32 Å². The minimum Gasteiger partial charge on any atom is -0.317 e. The number of rotatable bonds is 7. The van der Waals surface area contributed by atoms with Gasteiger partial charge in [-0.25, -0.2) is 4.39 Å². The van der Waals surface area contributed by atoms with Gasteiger partial charge in [0.25, 0.3) is 0 Å². The predicted molar refractivity (Wildman–Crippen MR) is 72.1 cm³/mol. The topological polar surface area (TPSA) is 12.0 Å². The Balaban J connectivity index is 2.42. The van der Waals surface area contributed by atoms with E-state index in [9.17, 15) is 4.39 Å². The highest BCUT2D eigenvalue weighted by Crippen LogP contribution is 2.17. The van der Waals surface area contributed by atoms with Gasteiger partial charge in [-0.3, -0.25) is 0 Å². The van der Waals surface area contributed by atoms with Crippen LogP contribution in [0.1, 0.15) is 38.2 Å². The number of benzene rings is 1. The van der Waals surface area contributed by atoms with Crippen molar-refractivity contribution in [2.24, 2.45) is 0 Å². The molecule has 0 aliphatic carbocycles. The number of halogens is 2. The largest absolute Gasteiger partial charge is 0.317 e. The summed E-state index contributed by atoms with van der Waals surface area (Å²) in [5, 5.41) is 3.91. The van der Waals surface area contributed by atoms with Crippen molar-refractivity contribution in [3.63, 3.8) is 0 Å². The van der Waals surface area contributed by atoms with Gasteiger partial charge in [0.05, 0.1) is 0 Å². The molecule has 0 spiro atoms. The summed E-state index contributed by atoms with van der Waals surface area (Å²) in [7, 11) is 1.99. The summed E-state index contributed by atoms with van der Waals surface area (Å²) in [4.78, 5) is 0. The fraction of sp³-hybridized carbons (Fsp3) is 0.571. The Hall–Kier alpha value is -0.600. The second-order valence-corrected chi connectivity index (χ2v) is 4.84.